The lowest BCUT2D eigenvalue weighted by Gasteiger charge is -2.29. The molecule has 0 aliphatic heterocycles. The minimum Gasteiger partial charge on any atom is -0.133 e. The Hall–Kier alpha value is 0.660. The second kappa shape index (κ2) is 5.53. The van der Waals surface area contributed by atoms with Gasteiger partial charge >= 0.3 is 0 Å². The highest BCUT2D eigenvalue weighted by Gasteiger charge is 2.24. The van der Waals surface area contributed by atoms with Gasteiger partial charge < -0.3 is 0 Å². The van der Waals surface area contributed by atoms with Gasteiger partial charge in [0.05, 0.1) is 3.79 Å². The lowest BCUT2D eigenvalue weighted by atomic mass is 9.79. The van der Waals surface area contributed by atoms with Crippen LogP contribution in [-0.4, -0.2) is 0 Å². The summed E-state index contributed by atoms with van der Waals surface area (Å²) in [6.07, 6.45) is 1.19. The summed E-state index contributed by atoms with van der Waals surface area (Å²) >= 11 is 9.20. The van der Waals surface area contributed by atoms with Crippen molar-refractivity contribution in [2.75, 3.05) is 0 Å². The number of hydrogen-bond donors (Lipinski definition) is 0. The summed E-state index contributed by atoms with van der Waals surface area (Å²) in [5, 5.41) is 0. The summed E-state index contributed by atoms with van der Waals surface area (Å²) in [7, 11) is 0. The maximum Gasteiger partial charge on any atom is 0.0704 e. The standard InChI is InChI=1S/C13H20Br2S/c1-8(13(3,4)5)6-11(14)10-7-12(15)16-9(10)2/h7-8,11H,6H2,1-5H3. The van der Waals surface area contributed by atoms with Gasteiger partial charge in [0.15, 0.2) is 0 Å². The molecule has 1 heterocycles. The van der Waals surface area contributed by atoms with E-state index in [1.165, 1.54) is 20.6 Å². The molecule has 0 aliphatic carbocycles. The topological polar surface area (TPSA) is 0 Å². The minimum absolute atomic E-state index is 0.382. The van der Waals surface area contributed by atoms with Crippen molar-refractivity contribution >= 4 is 43.2 Å². The molecule has 92 valence electrons. The number of rotatable bonds is 3. The van der Waals surface area contributed by atoms with E-state index < -0.39 is 0 Å². The maximum atomic E-state index is 3.83. The Morgan fingerprint density at radius 1 is 1.38 bits per heavy atom. The van der Waals surface area contributed by atoms with Crippen molar-refractivity contribution in [1.82, 2.24) is 0 Å². The fraction of sp³-hybridized carbons (Fsp3) is 0.692. The van der Waals surface area contributed by atoms with E-state index in [0.717, 1.165) is 0 Å². The highest BCUT2D eigenvalue weighted by molar-refractivity contribution is 9.11. The molecule has 0 aliphatic rings. The molecule has 1 aromatic rings. The Morgan fingerprint density at radius 3 is 2.31 bits per heavy atom. The zero-order valence-electron chi connectivity index (χ0n) is 10.6. The Labute approximate surface area is 120 Å². The molecule has 1 aromatic heterocycles. The molecule has 3 heteroatoms. The fourth-order valence-electron chi connectivity index (χ4n) is 1.56. The van der Waals surface area contributed by atoms with Gasteiger partial charge in [-0.2, -0.15) is 0 Å². The minimum atomic E-state index is 0.382. The van der Waals surface area contributed by atoms with Crippen LogP contribution in [0.5, 0.6) is 0 Å². The highest BCUT2D eigenvalue weighted by Crippen LogP contribution is 2.41. The second-order valence-corrected chi connectivity index (χ2v) is 9.27. The van der Waals surface area contributed by atoms with Gasteiger partial charge in [0, 0.05) is 9.70 Å². The van der Waals surface area contributed by atoms with Crippen LogP contribution in [-0.2, 0) is 0 Å². The molecule has 0 nitrogen and oxygen atoms in total. The fourth-order valence-corrected chi connectivity index (χ4v) is 4.52. The molecule has 0 fully saturated rings. The summed E-state index contributed by atoms with van der Waals surface area (Å²) in [6.45, 7) is 11.5. The zero-order chi connectivity index (χ0) is 12.5. The molecule has 0 bridgehead atoms. The molecule has 0 saturated carbocycles. The first-order chi connectivity index (χ1) is 7.21. The van der Waals surface area contributed by atoms with Crippen LogP contribution < -0.4 is 0 Å². The molecule has 0 spiro atoms. The molecule has 2 atom stereocenters. The maximum absolute atomic E-state index is 3.83. The van der Waals surface area contributed by atoms with E-state index >= 15 is 0 Å². The van der Waals surface area contributed by atoms with Gasteiger partial charge in [0.25, 0.3) is 0 Å². The Bertz CT molecular complexity index is 349. The van der Waals surface area contributed by atoms with Crippen LogP contribution in [0.3, 0.4) is 0 Å². The number of alkyl halides is 1. The molecule has 1 rings (SSSR count). The monoisotopic (exact) mass is 366 g/mol. The Kier molecular flexibility index (Phi) is 5.09. The van der Waals surface area contributed by atoms with E-state index in [0.29, 0.717) is 16.2 Å². The molecular formula is C13H20Br2S. The van der Waals surface area contributed by atoms with E-state index in [1.807, 2.05) is 11.3 Å². The summed E-state index contributed by atoms with van der Waals surface area (Å²) < 4.78 is 1.23. The van der Waals surface area contributed by atoms with Crippen LogP contribution >= 0.6 is 43.2 Å². The highest BCUT2D eigenvalue weighted by atomic mass is 79.9. The van der Waals surface area contributed by atoms with Gasteiger partial charge in [-0.05, 0) is 52.2 Å². The van der Waals surface area contributed by atoms with Gasteiger partial charge in [0.2, 0.25) is 0 Å². The van der Waals surface area contributed by atoms with Gasteiger partial charge in [-0.25, -0.2) is 0 Å². The number of halogens is 2. The van der Waals surface area contributed by atoms with Crippen LogP contribution in [0.4, 0.5) is 0 Å². The summed E-state index contributed by atoms with van der Waals surface area (Å²) in [5.41, 5.74) is 1.82. The molecule has 0 N–H and O–H groups in total. The van der Waals surface area contributed by atoms with Gasteiger partial charge in [-0.15, -0.1) is 11.3 Å². The first kappa shape index (κ1) is 14.7. The lowest BCUT2D eigenvalue weighted by Crippen LogP contribution is -2.18. The predicted octanol–water partition coefficient (Wildman–Crippen LogP) is 6.33. The van der Waals surface area contributed by atoms with E-state index in [4.69, 9.17) is 0 Å². The molecule has 0 radical (unpaired) electrons. The van der Waals surface area contributed by atoms with Crippen molar-refractivity contribution in [3.8, 4) is 0 Å². The van der Waals surface area contributed by atoms with Crippen molar-refractivity contribution in [3.63, 3.8) is 0 Å². The molecule has 0 aromatic carbocycles. The van der Waals surface area contributed by atoms with Crippen molar-refractivity contribution in [2.45, 2.75) is 45.9 Å². The third-order valence-corrected chi connectivity index (χ3v) is 5.74. The van der Waals surface area contributed by atoms with Crippen LogP contribution in [0.15, 0.2) is 9.85 Å². The quantitative estimate of drug-likeness (QED) is 0.547. The molecular weight excluding hydrogens is 348 g/mol. The third-order valence-electron chi connectivity index (χ3n) is 3.30. The van der Waals surface area contributed by atoms with Crippen molar-refractivity contribution in [1.29, 1.82) is 0 Å². The first-order valence-corrected chi connectivity index (χ1v) is 8.14. The van der Waals surface area contributed by atoms with Crippen molar-refractivity contribution in [2.24, 2.45) is 11.3 Å². The first-order valence-electron chi connectivity index (χ1n) is 5.61. The van der Waals surface area contributed by atoms with Gasteiger partial charge in [0.1, 0.15) is 0 Å². The van der Waals surface area contributed by atoms with Crippen LogP contribution in [0, 0.1) is 18.3 Å². The lowest BCUT2D eigenvalue weighted by molar-refractivity contribution is 0.246. The van der Waals surface area contributed by atoms with Crippen LogP contribution in [0.25, 0.3) is 0 Å². The molecule has 0 amide bonds. The van der Waals surface area contributed by atoms with Gasteiger partial charge in [-0.3, -0.25) is 0 Å². The average molecular weight is 368 g/mol. The summed E-state index contributed by atoms with van der Waals surface area (Å²) in [4.78, 5) is 1.89. The van der Waals surface area contributed by atoms with Crippen LogP contribution in [0.2, 0.25) is 0 Å². The third kappa shape index (κ3) is 3.85. The largest absolute Gasteiger partial charge is 0.133 e. The Morgan fingerprint density at radius 2 is 1.94 bits per heavy atom. The number of hydrogen-bond acceptors (Lipinski definition) is 1. The van der Waals surface area contributed by atoms with Crippen molar-refractivity contribution in [3.05, 3.63) is 20.3 Å². The average Bonchev–Trinajstić information content (AvgIpc) is 2.43. The summed E-state index contributed by atoms with van der Waals surface area (Å²) in [6, 6.07) is 2.24. The van der Waals surface area contributed by atoms with E-state index in [1.54, 1.807) is 0 Å². The second-order valence-electron chi connectivity index (χ2n) is 5.53. The SMILES string of the molecule is Cc1sc(Br)cc1C(Br)CC(C)C(C)(C)C. The normalized spacial score (nSPS) is 16.2. The summed E-state index contributed by atoms with van der Waals surface area (Å²) in [5.74, 6) is 0.704. The van der Waals surface area contributed by atoms with E-state index in [2.05, 4.69) is 72.5 Å². The molecule has 0 saturated heterocycles. The number of aryl methyl sites for hydroxylation is 1. The predicted molar refractivity (Wildman–Crippen MR) is 81.7 cm³/mol. The number of thiophene rings is 1. The Balaban J connectivity index is 2.73. The van der Waals surface area contributed by atoms with Crippen LogP contribution in [0.1, 0.15) is 49.4 Å². The van der Waals surface area contributed by atoms with E-state index in [-0.39, 0.29) is 0 Å². The zero-order valence-corrected chi connectivity index (χ0v) is 14.6. The molecule has 16 heavy (non-hydrogen) atoms. The van der Waals surface area contributed by atoms with Crippen molar-refractivity contribution < 1.29 is 0 Å². The molecule has 2 unspecified atom stereocenters. The van der Waals surface area contributed by atoms with Gasteiger partial charge in [-0.1, -0.05) is 43.6 Å². The smallest absolute Gasteiger partial charge is 0.0704 e. The van der Waals surface area contributed by atoms with E-state index in [9.17, 15) is 0 Å².